The van der Waals surface area contributed by atoms with E-state index in [4.69, 9.17) is 0 Å². The number of aromatic nitrogens is 5. The van der Waals surface area contributed by atoms with Crippen LogP contribution in [0.3, 0.4) is 0 Å². The fraction of sp³-hybridized carbons (Fsp3) is 0.267. The molecule has 0 aliphatic heterocycles. The Labute approximate surface area is 141 Å². The lowest BCUT2D eigenvalue weighted by Gasteiger charge is -2.10. The smallest absolute Gasteiger partial charge is 0.273 e. The standard InChI is InChI=1S/C15H16N6O2S/c1-8-5-4-6-9(2)12(8)16-11(22)7-24-15-19-18-14-17-13(23)10(3)20-21(14)15/h4-6H,7H2,1-3H3,(H,16,22)(H,17,18,23). The Morgan fingerprint density at radius 3 is 2.67 bits per heavy atom. The third-order valence-corrected chi connectivity index (χ3v) is 4.41. The van der Waals surface area contributed by atoms with Gasteiger partial charge in [0.05, 0.1) is 5.75 Å². The summed E-state index contributed by atoms with van der Waals surface area (Å²) in [5.74, 6) is 0.271. The minimum atomic E-state index is -0.306. The third-order valence-electron chi connectivity index (χ3n) is 3.49. The highest BCUT2D eigenvalue weighted by atomic mass is 32.2. The van der Waals surface area contributed by atoms with Crippen LogP contribution in [-0.2, 0) is 4.79 Å². The zero-order valence-corrected chi connectivity index (χ0v) is 14.3. The summed E-state index contributed by atoms with van der Waals surface area (Å²) in [6, 6.07) is 5.85. The van der Waals surface area contributed by atoms with Gasteiger partial charge in [0.15, 0.2) is 0 Å². The summed E-state index contributed by atoms with van der Waals surface area (Å²) in [6.07, 6.45) is 0. The SMILES string of the molecule is Cc1cccc(C)c1NC(=O)CSc1nnc2[nH]c(=O)c(C)nn12. The molecule has 0 saturated carbocycles. The number of nitrogens with zero attached hydrogens (tertiary/aromatic N) is 4. The lowest BCUT2D eigenvalue weighted by atomic mass is 10.1. The number of H-pyrrole nitrogens is 1. The quantitative estimate of drug-likeness (QED) is 0.694. The molecule has 2 aromatic heterocycles. The van der Waals surface area contributed by atoms with E-state index in [9.17, 15) is 9.59 Å². The van der Waals surface area contributed by atoms with Gasteiger partial charge in [0, 0.05) is 5.69 Å². The van der Waals surface area contributed by atoms with Gasteiger partial charge in [0.2, 0.25) is 11.1 Å². The molecule has 0 fully saturated rings. The molecule has 3 aromatic rings. The van der Waals surface area contributed by atoms with Crippen molar-refractivity contribution in [3.8, 4) is 0 Å². The van der Waals surface area contributed by atoms with Gasteiger partial charge in [-0.25, -0.2) is 0 Å². The second kappa shape index (κ2) is 6.44. The van der Waals surface area contributed by atoms with Gasteiger partial charge in [-0.2, -0.15) is 9.61 Å². The molecule has 24 heavy (non-hydrogen) atoms. The van der Waals surface area contributed by atoms with Gasteiger partial charge >= 0.3 is 0 Å². The van der Waals surface area contributed by atoms with Gasteiger partial charge in [-0.15, -0.1) is 10.2 Å². The van der Waals surface area contributed by atoms with E-state index < -0.39 is 0 Å². The molecule has 1 amide bonds. The minimum Gasteiger partial charge on any atom is -0.325 e. The number of para-hydroxylation sites is 1. The summed E-state index contributed by atoms with van der Waals surface area (Å²) in [4.78, 5) is 26.3. The lowest BCUT2D eigenvalue weighted by molar-refractivity contribution is -0.113. The molecule has 0 radical (unpaired) electrons. The number of anilines is 1. The van der Waals surface area contributed by atoms with E-state index in [1.54, 1.807) is 6.92 Å². The molecule has 1 aromatic carbocycles. The van der Waals surface area contributed by atoms with E-state index in [0.717, 1.165) is 16.8 Å². The van der Waals surface area contributed by atoms with Gasteiger partial charge in [-0.05, 0) is 31.9 Å². The monoisotopic (exact) mass is 344 g/mol. The van der Waals surface area contributed by atoms with Crippen LogP contribution in [0.15, 0.2) is 28.2 Å². The van der Waals surface area contributed by atoms with Crippen molar-refractivity contribution in [1.82, 2.24) is 24.8 Å². The number of hydrogen-bond acceptors (Lipinski definition) is 6. The average Bonchev–Trinajstić information content (AvgIpc) is 2.91. The van der Waals surface area contributed by atoms with E-state index in [1.165, 1.54) is 16.3 Å². The van der Waals surface area contributed by atoms with Gasteiger partial charge in [0.25, 0.3) is 11.3 Å². The Morgan fingerprint density at radius 1 is 1.25 bits per heavy atom. The fourth-order valence-corrected chi connectivity index (χ4v) is 2.91. The average molecular weight is 344 g/mol. The first-order valence-corrected chi connectivity index (χ1v) is 8.25. The Morgan fingerprint density at radius 2 is 1.96 bits per heavy atom. The van der Waals surface area contributed by atoms with Crippen LogP contribution in [-0.4, -0.2) is 36.5 Å². The molecule has 0 spiro atoms. The summed E-state index contributed by atoms with van der Waals surface area (Å²) in [5, 5.41) is 15.3. The van der Waals surface area contributed by atoms with E-state index in [0.29, 0.717) is 10.9 Å². The second-order valence-corrected chi connectivity index (χ2v) is 6.30. The molecule has 8 nitrogen and oxygen atoms in total. The van der Waals surface area contributed by atoms with E-state index >= 15 is 0 Å². The predicted octanol–water partition coefficient (Wildman–Crippen LogP) is 1.47. The summed E-state index contributed by atoms with van der Waals surface area (Å²) in [6.45, 7) is 5.50. The molecule has 0 unspecified atom stereocenters. The largest absolute Gasteiger partial charge is 0.325 e. The lowest BCUT2D eigenvalue weighted by Crippen LogP contribution is -2.17. The molecule has 0 bridgehead atoms. The summed E-state index contributed by atoms with van der Waals surface area (Å²) < 4.78 is 1.42. The highest BCUT2D eigenvalue weighted by molar-refractivity contribution is 7.99. The van der Waals surface area contributed by atoms with Crippen LogP contribution in [0.1, 0.15) is 16.8 Å². The Bertz CT molecular complexity index is 957. The number of nitrogens with one attached hydrogen (secondary N) is 2. The summed E-state index contributed by atoms with van der Waals surface area (Å²) >= 11 is 1.20. The maximum atomic E-state index is 12.2. The first kappa shape index (κ1) is 16.2. The Kier molecular flexibility index (Phi) is 4.34. The zero-order valence-electron chi connectivity index (χ0n) is 13.5. The van der Waals surface area contributed by atoms with Gasteiger partial charge < -0.3 is 5.32 Å². The molecule has 3 rings (SSSR count). The van der Waals surface area contributed by atoms with E-state index in [2.05, 4.69) is 25.6 Å². The Balaban J connectivity index is 1.73. The molecule has 2 heterocycles. The number of aromatic amines is 1. The Hall–Kier alpha value is -2.68. The first-order chi connectivity index (χ1) is 11.5. The number of benzene rings is 1. The predicted molar refractivity (Wildman–Crippen MR) is 91.4 cm³/mol. The van der Waals surface area contributed by atoms with Crippen molar-refractivity contribution in [3.63, 3.8) is 0 Å². The highest BCUT2D eigenvalue weighted by Gasteiger charge is 2.13. The van der Waals surface area contributed by atoms with E-state index in [-0.39, 0.29) is 23.0 Å². The van der Waals surface area contributed by atoms with Crippen molar-refractivity contribution < 1.29 is 4.79 Å². The highest BCUT2D eigenvalue weighted by Crippen LogP contribution is 2.20. The number of carbonyl (C=O) groups is 1. The van der Waals surface area contributed by atoms with Crippen molar-refractivity contribution in [2.45, 2.75) is 25.9 Å². The van der Waals surface area contributed by atoms with Crippen LogP contribution in [0.2, 0.25) is 0 Å². The zero-order chi connectivity index (χ0) is 17.3. The van der Waals surface area contributed by atoms with E-state index in [1.807, 2.05) is 32.0 Å². The van der Waals surface area contributed by atoms with Crippen LogP contribution in [0.25, 0.3) is 5.78 Å². The fourth-order valence-electron chi connectivity index (χ4n) is 2.23. The molecule has 0 saturated heterocycles. The topological polar surface area (TPSA) is 105 Å². The van der Waals surface area contributed by atoms with Gasteiger partial charge in [-0.1, -0.05) is 30.0 Å². The maximum Gasteiger partial charge on any atom is 0.273 e. The molecule has 124 valence electrons. The van der Waals surface area contributed by atoms with Crippen molar-refractivity contribution >= 4 is 29.1 Å². The number of rotatable bonds is 4. The molecular formula is C15H16N6O2S. The molecule has 0 aliphatic carbocycles. The first-order valence-electron chi connectivity index (χ1n) is 7.27. The summed E-state index contributed by atoms with van der Waals surface area (Å²) in [7, 11) is 0. The maximum absolute atomic E-state index is 12.2. The number of thioether (sulfide) groups is 1. The van der Waals surface area contributed by atoms with Crippen LogP contribution in [0, 0.1) is 20.8 Å². The van der Waals surface area contributed by atoms with Crippen molar-refractivity contribution in [2.75, 3.05) is 11.1 Å². The van der Waals surface area contributed by atoms with Crippen LogP contribution in [0.5, 0.6) is 0 Å². The molecule has 0 aliphatic rings. The number of amides is 1. The number of fused-ring (bicyclic) bond motifs is 1. The third kappa shape index (κ3) is 3.16. The van der Waals surface area contributed by atoms with Gasteiger partial charge in [0.1, 0.15) is 5.69 Å². The van der Waals surface area contributed by atoms with Crippen LogP contribution < -0.4 is 10.9 Å². The second-order valence-electron chi connectivity index (χ2n) is 5.36. The molecule has 0 atom stereocenters. The minimum absolute atomic E-state index is 0.143. The molecule has 2 N–H and O–H groups in total. The van der Waals surface area contributed by atoms with Crippen molar-refractivity contribution in [1.29, 1.82) is 0 Å². The van der Waals surface area contributed by atoms with Gasteiger partial charge in [-0.3, -0.25) is 14.6 Å². The number of carbonyl (C=O) groups excluding carboxylic acids is 1. The normalized spacial score (nSPS) is 11.0. The number of aryl methyl sites for hydroxylation is 3. The molecular weight excluding hydrogens is 328 g/mol. The molecule has 9 heteroatoms. The van der Waals surface area contributed by atoms with Crippen LogP contribution in [0.4, 0.5) is 5.69 Å². The van der Waals surface area contributed by atoms with Crippen molar-refractivity contribution in [3.05, 3.63) is 45.4 Å². The van der Waals surface area contributed by atoms with Crippen molar-refractivity contribution in [2.24, 2.45) is 0 Å². The summed E-state index contributed by atoms with van der Waals surface area (Å²) in [5.41, 5.74) is 2.85. The van der Waals surface area contributed by atoms with Crippen LogP contribution >= 0.6 is 11.8 Å². The number of hydrogen-bond donors (Lipinski definition) is 2.